The molecule has 0 amide bonds. The molecular formula is C23H40N8. The molecule has 1 atom stereocenters. The highest BCUT2D eigenvalue weighted by molar-refractivity contribution is 5.80. The third kappa shape index (κ3) is 6.53. The van der Waals surface area contributed by atoms with E-state index >= 15 is 0 Å². The molecule has 1 aliphatic carbocycles. The second kappa shape index (κ2) is 11.6. The Morgan fingerprint density at radius 1 is 1.06 bits per heavy atom. The number of hydrogen-bond donors (Lipinski definition) is 2. The number of anilines is 1. The van der Waals surface area contributed by atoms with Crippen LogP contribution < -0.4 is 15.5 Å². The van der Waals surface area contributed by atoms with Gasteiger partial charge in [-0.05, 0) is 38.7 Å². The number of aliphatic imine (C=N–C) groups is 1. The predicted octanol–water partition coefficient (Wildman–Crippen LogP) is 1.56. The largest absolute Gasteiger partial charge is 0.357 e. The molecule has 0 aromatic carbocycles. The van der Waals surface area contributed by atoms with E-state index in [1.54, 1.807) is 0 Å². The van der Waals surface area contributed by atoms with Gasteiger partial charge >= 0.3 is 0 Å². The molecule has 4 rings (SSSR count). The van der Waals surface area contributed by atoms with E-state index in [2.05, 4.69) is 42.2 Å². The van der Waals surface area contributed by atoms with E-state index in [1.807, 2.05) is 18.5 Å². The van der Waals surface area contributed by atoms with Crippen LogP contribution in [0.25, 0.3) is 0 Å². The average molecular weight is 429 g/mol. The molecule has 2 aliphatic heterocycles. The Hall–Kier alpha value is -1.93. The quantitative estimate of drug-likeness (QED) is 0.370. The van der Waals surface area contributed by atoms with Crippen LogP contribution in [0.4, 0.5) is 5.95 Å². The van der Waals surface area contributed by atoms with Crippen LogP contribution >= 0.6 is 0 Å². The van der Waals surface area contributed by atoms with E-state index in [-0.39, 0.29) is 0 Å². The molecular weight excluding hydrogens is 388 g/mol. The van der Waals surface area contributed by atoms with Crippen LogP contribution in [-0.4, -0.2) is 96.7 Å². The molecule has 1 saturated carbocycles. The number of nitrogens with zero attached hydrogens (tertiary/aromatic N) is 6. The lowest BCUT2D eigenvalue weighted by Gasteiger charge is -2.34. The monoisotopic (exact) mass is 428 g/mol. The fourth-order valence-corrected chi connectivity index (χ4v) is 5.13. The van der Waals surface area contributed by atoms with Gasteiger partial charge in [-0.3, -0.25) is 14.8 Å². The van der Waals surface area contributed by atoms with Crippen LogP contribution in [0.15, 0.2) is 23.5 Å². The molecule has 3 heterocycles. The first-order valence-corrected chi connectivity index (χ1v) is 12.3. The minimum atomic E-state index is 0.534. The van der Waals surface area contributed by atoms with Gasteiger partial charge in [0.2, 0.25) is 5.95 Å². The van der Waals surface area contributed by atoms with Crippen molar-refractivity contribution in [3.8, 4) is 0 Å². The highest BCUT2D eigenvalue weighted by atomic mass is 15.3. The summed E-state index contributed by atoms with van der Waals surface area (Å²) in [5.41, 5.74) is 0. The summed E-state index contributed by atoms with van der Waals surface area (Å²) in [6.07, 6.45) is 11.6. The highest BCUT2D eigenvalue weighted by Gasteiger charge is 2.30. The summed E-state index contributed by atoms with van der Waals surface area (Å²) in [4.78, 5) is 21.1. The molecule has 2 saturated heterocycles. The van der Waals surface area contributed by atoms with E-state index in [1.165, 1.54) is 45.2 Å². The van der Waals surface area contributed by atoms with Gasteiger partial charge in [0, 0.05) is 83.4 Å². The van der Waals surface area contributed by atoms with Gasteiger partial charge in [-0.15, -0.1) is 0 Å². The highest BCUT2D eigenvalue weighted by Crippen LogP contribution is 2.26. The Morgan fingerprint density at radius 2 is 1.84 bits per heavy atom. The van der Waals surface area contributed by atoms with E-state index < -0.39 is 0 Å². The van der Waals surface area contributed by atoms with E-state index in [0.717, 1.165) is 70.2 Å². The summed E-state index contributed by atoms with van der Waals surface area (Å²) in [6.45, 7) is 11.6. The number of likely N-dealkylation sites (tertiary alicyclic amines) is 1. The predicted molar refractivity (Wildman–Crippen MR) is 127 cm³/mol. The van der Waals surface area contributed by atoms with Gasteiger partial charge in [0.25, 0.3) is 0 Å². The molecule has 172 valence electrons. The molecule has 0 spiro atoms. The molecule has 1 aromatic heterocycles. The van der Waals surface area contributed by atoms with Gasteiger partial charge in [-0.25, -0.2) is 9.97 Å². The molecule has 1 unspecified atom stereocenters. The van der Waals surface area contributed by atoms with Crippen molar-refractivity contribution in [3.63, 3.8) is 0 Å². The summed E-state index contributed by atoms with van der Waals surface area (Å²) in [5, 5.41) is 7.14. The van der Waals surface area contributed by atoms with Crippen molar-refractivity contribution in [3.05, 3.63) is 18.5 Å². The van der Waals surface area contributed by atoms with Crippen molar-refractivity contribution >= 4 is 11.9 Å². The third-order valence-electron chi connectivity index (χ3n) is 6.86. The van der Waals surface area contributed by atoms with Crippen molar-refractivity contribution < 1.29 is 0 Å². The van der Waals surface area contributed by atoms with Crippen molar-refractivity contribution in [2.75, 3.05) is 63.8 Å². The Kier molecular flexibility index (Phi) is 8.35. The summed E-state index contributed by atoms with van der Waals surface area (Å²) < 4.78 is 0. The molecule has 3 aliphatic rings. The maximum absolute atomic E-state index is 4.87. The fourth-order valence-electron chi connectivity index (χ4n) is 5.13. The average Bonchev–Trinajstić information content (AvgIpc) is 3.50. The number of nitrogens with one attached hydrogen (secondary N) is 2. The number of piperazine rings is 1. The minimum absolute atomic E-state index is 0.534. The van der Waals surface area contributed by atoms with Crippen LogP contribution in [0.5, 0.6) is 0 Å². The van der Waals surface area contributed by atoms with Crippen LogP contribution in [-0.2, 0) is 0 Å². The third-order valence-corrected chi connectivity index (χ3v) is 6.86. The van der Waals surface area contributed by atoms with Crippen LogP contribution in [0.3, 0.4) is 0 Å². The molecule has 3 fully saturated rings. The summed E-state index contributed by atoms with van der Waals surface area (Å²) >= 11 is 0. The van der Waals surface area contributed by atoms with Crippen molar-refractivity contribution in [2.45, 2.75) is 57.5 Å². The maximum atomic E-state index is 4.87. The fraction of sp³-hybridized carbons (Fsp3) is 0.783. The number of aromatic nitrogens is 2. The van der Waals surface area contributed by atoms with E-state index in [0.29, 0.717) is 6.04 Å². The Labute approximate surface area is 187 Å². The zero-order valence-corrected chi connectivity index (χ0v) is 19.2. The normalized spacial score (nSPS) is 24.1. The smallest absolute Gasteiger partial charge is 0.225 e. The zero-order valence-electron chi connectivity index (χ0n) is 19.2. The molecule has 8 nitrogen and oxygen atoms in total. The van der Waals surface area contributed by atoms with Crippen LogP contribution in [0.2, 0.25) is 0 Å². The van der Waals surface area contributed by atoms with Gasteiger partial charge in [-0.2, -0.15) is 0 Å². The second-order valence-electron chi connectivity index (χ2n) is 9.05. The first-order valence-electron chi connectivity index (χ1n) is 12.3. The van der Waals surface area contributed by atoms with Crippen LogP contribution in [0, 0.1) is 0 Å². The Morgan fingerprint density at radius 3 is 2.58 bits per heavy atom. The topological polar surface area (TPSA) is 71.9 Å². The standard InChI is InChI=1S/C23H40N8/c1-2-24-22(28-20-9-14-31(19-20)21-7-3-4-8-21)25-12-6-13-29-15-17-30(18-16-29)23-26-10-5-11-27-23/h5,10-11,20-21H,2-4,6-9,12-19H2,1H3,(H2,24,25,28). The molecule has 2 N–H and O–H groups in total. The Balaban J connectivity index is 1.15. The summed E-state index contributed by atoms with van der Waals surface area (Å²) in [7, 11) is 0. The molecule has 0 radical (unpaired) electrons. The van der Waals surface area contributed by atoms with Gasteiger partial charge in [0.15, 0.2) is 5.96 Å². The van der Waals surface area contributed by atoms with Crippen molar-refractivity contribution in [2.24, 2.45) is 4.99 Å². The maximum Gasteiger partial charge on any atom is 0.225 e. The van der Waals surface area contributed by atoms with Gasteiger partial charge in [-0.1, -0.05) is 12.8 Å². The first-order chi connectivity index (χ1) is 15.3. The van der Waals surface area contributed by atoms with Gasteiger partial charge in [0.05, 0.1) is 0 Å². The van der Waals surface area contributed by atoms with Crippen molar-refractivity contribution in [1.29, 1.82) is 0 Å². The zero-order chi connectivity index (χ0) is 21.3. The van der Waals surface area contributed by atoms with Gasteiger partial charge < -0.3 is 15.5 Å². The lowest BCUT2D eigenvalue weighted by Crippen LogP contribution is -2.47. The molecule has 8 heteroatoms. The number of rotatable bonds is 8. The summed E-state index contributed by atoms with van der Waals surface area (Å²) in [5.74, 6) is 1.85. The second-order valence-corrected chi connectivity index (χ2v) is 9.05. The summed E-state index contributed by atoms with van der Waals surface area (Å²) in [6, 6.07) is 3.24. The minimum Gasteiger partial charge on any atom is -0.357 e. The van der Waals surface area contributed by atoms with E-state index in [4.69, 9.17) is 4.99 Å². The Bertz CT molecular complexity index is 667. The first kappa shape index (κ1) is 22.3. The van der Waals surface area contributed by atoms with E-state index in [9.17, 15) is 0 Å². The molecule has 31 heavy (non-hydrogen) atoms. The molecule has 1 aromatic rings. The number of hydrogen-bond acceptors (Lipinski definition) is 6. The van der Waals surface area contributed by atoms with Gasteiger partial charge in [0.1, 0.15) is 0 Å². The van der Waals surface area contributed by atoms with Crippen LogP contribution in [0.1, 0.15) is 45.4 Å². The SMILES string of the molecule is CCNC(=NCCCN1CCN(c2ncccn2)CC1)NC1CCN(C2CCCC2)C1. The lowest BCUT2D eigenvalue weighted by molar-refractivity contribution is 0.242. The lowest BCUT2D eigenvalue weighted by atomic mass is 10.2. The number of guanidine groups is 1. The van der Waals surface area contributed by atoms with Crippen molar-refractivity contribution in [1.82, 2.24) is 30.4 Å². The molecule has 0 bridgehead atoms.